The predicted molar refractivity (Wildman–Crippen MR) is 211 cm³/mol. The lowest BCUT2D eigenvalue weighted by molar-refractivity contribution is -0.199. The number of nitriles is 1. The molecule has 9 rings (SSSR count). The number of imide groups is 2. The standard InChI is InChI=1S/C43H44ClN7O6/c1-42(2)40(43(3,4)41(42)57-29-8-5-24(20-45)33(44)19-29)50-21-25-17-26(6-9-30(25)37(50)54)47-13-15-48(16-14-47)28-22-49(23-28)27-7-10-31-32(18-27)39(56)51(38(31)55)34-11-12-35(52)46-36(34)53/h5-10,17-19,28,34,40-41H,11-16,21-23H2,1-4H3,(H,46,52,53). The molecule has 13 nitrogen and oxygen atoms in total. The van der Waals surface area contributed by atoms with E-state index in [2.05, 4.69) is 65.9 Å². The van der Waals surface area contributed by atoms with Crippen molar-refractivity contribution in [3.05, 3.63) is 87.4 Å². The van der Waals surface area contributed by atoms with E-state index in [4.69, 9.17) is 16.3 Å². The van der Waals surface area contributed by atoms with Gasteiger partial charge >= 0.3 is 0 Å². The van der Waals surface area contributed by atoms with Crippen molar-refractivity contribution in [1.29, 1.82) is 5.26 Å². The number of carbonyl (C=O) groups is 5. The maximum absolute atomic E-state index is 13.9. The van der Waals surface area contributed by atoms with Gasteiger partial charge in [0, 0.05) is 98.2 Å². The van der Waals surface area contributed by atoms with E-state index in [1.165, 1.54) is 0 Å². The lowest BCUT2D eigenvalue weighted by Crippen LogP contribution is -2.74. The van der Waals surface area contributed by atoms with Crippen LogP contribution in [0.25, 0.3) is 0 Å². The van der Waals surface area contributed by atoms with Crippen molar-refractivity contribution < 1.29 is 28.7 Å². The minimum atomic E-state index is -0.982. The van der Waals surface area contributed by atoms with Crippen LogP contribution >= 0.6 is 11.6 Å². The first-order valence-corrected chi connectivity index (χ1v) is 19.9. The van der Waals surface area contributed by atoms with Crippen molar-refractivity contribution in [2.45, 2.75) is 71.3 Å². The number of hydrogen-bond donors (Lipinski definition) is 1. The molecule has 57 heavy (non-hydrogen) atoms. The highest BCUT2D eigenvalue weighted by Gasteiger charge is 2.67. The summed E-state index contributed by atoms with van der Waals surface area (Å²) in [4.78, 5) is 74.6. The van der Waals surface area contributed by atoms with Gasteiger partial charge in [-0.25, -0.2) is 0 Å². The fourth-order valence-corrected chi connectivity index (χ4v) is 10.9. The average Bonchev–Trinajstić information content (AvgIpc) is 3.60. The molecular formula is C43H44ClN7O6. The van der Waals surface area contributed by atoms with E-state index < -0.39 is 29.7 Å². The number of carbonyl (C=O) groups excluding carboxylic acids is 5. The molecule has 1 unspecified atom stereocenters. The number of benzene rings is 3. The Morgan fingerprint density at radius 3 is 2.12 bits per heavy atom. The average molecular weight is 790 g/mol. The second-order valence-corrected chi connectivity index (χ2v) is 17.7. The summed E-state index contributed by atoms with van der Waals surface area (Å²) >= 11 is 6.30. The van der Waals surface area contributed by atoms with Crippen molar-refractivity contribution in [1.82, 2.24) is 20.0 Å². The Hall–Kier alpha value is -5.45. The first kappa shape index (κ1) is 37.1. The van der Waals surface area contributed by atoms with Gasteiger partial charge in [-0.2, -0.15) is 5.26 Å². The maximum atomic E-state index is 13.9. The van der Waals surface area contributed by atoms with Gasteiger partial charge in [0.25, 0.3) is 17.7 Å². The Morgan fingerprint density at radius 1 is 0.789 bits per heavy atom. The molecule has 6 aliphatic rings. The molecule has 5 aliphatic heterocycles. The monoisotopic (exact) mass is 789 g/mol. The predicted octanol–water partition coefficient (Wildman–Crippen LogP) is 4.46. The third kappa shape index (κ3) is 5.86. The number of halogens is 1. The van der Waals surface area contributed by atoms with Crippen LogP contribution in [0.15, 0.2) is 54.6 Å². The molecule has 4 fully saturated rings. The normalized spacial score (nSPS) is 25.5. The van der Waals surface area contributed by atoms with E-state index in [9.17, 15) is 29.2 Å². The van der Waals surface area contributed by atoms with Gasteiger partial charge in [0.05, 0.1) is 21.7 Å². The van der Waals surface area contributed by atoms with Crippen molar-refractivity contribution in [2.24, 2.45) is 10.8 Å². The Labute approximate surface area is 336 Å². The number of fused-ring (bicyclic) bond motifs is 2. The first-order chi connectivity index (χ1) is 27.2. The smallest absolute Gasteiger partial charge is 0.262 e. The summed E-state index contributed by atoms with van der Waals surface area (Å²) in [5, 5.41) is 11.9. The van der Waals surface area contributed by atoms with E-state index in [-0.39, 0.29) is 47.3 Å². The van der Waals surface area contributed by atoms with Gasteiger partial charge in [-0.1, -0.05) is 39.3 Å². The molecule has 0 spiro atoms. The molecule has 0 aromatic heterocycles. The summed E-state index contributed by atoms with van der Waals surface area (Å²) in [5.41, 5.74) is 4.08. The van der Waals surface area contributed by atoms with Gasteiger partial charge in [-0.05, 0) is 60.5 Å². The minimum Gasteiger partial charge on any atom is -0.489 e. The Balaban J connectivity index is 0.797. The fraction of sp³-hybridized carbons (Fsp3) is 0.442. The quantitative estimate of drug-likeness (QED) is 0.341. The molecule has 1 aliphatic carbocycles. The van der Waals surface area contributed by atoms with Crippen LogP contribution in [0.4, 0.5) is 11.4 Å². The lowest BCUT2D eigenvalue weighted by Gasteiger charge is -2.65. The summed E-state index contributed by atoms with van der Waals surface area (Å²) < 4.78 is 6.49. The summed E-state index contributed by atoms with van der Waals surface area (Å²) in [7, 11) is 0. The topological polar surface area (TPSA) is 147 Å². The van der Waals surface area contributed by atoms with Gasteiger partial charge in [-0.3, -0.25) is 39.1 Å². The third-order valence-electron chi connectivity index (χ3n) is 13.2. The van der Waals surface area contributed by atoms with Crippen LogP contribution in [0.5, 0.6) is 5.75 Å². The van der Waals surface area contributed by atoms with Gasteiger partial charge < -0.3 is 19.4 Å². The molecule has 0 bridgehead atoms. The zero-order valence-corrected chi connectivity index (χ0v) is 33.1. The van der Waals surface area contributed by atoms with Gasteiger partial charge in [0.15, 0.2) is 0 Å². The highest BCUT2D eigenvalue weighted by atomic mass is 35.5. The molecule has 14 heteroatoms. The van der Waals surface area contributed by atoms with E-state index in [0.717, 1.165) is 66.7 Å². The highest BCUT2D eigenvalue weighted by molar-refractivity contribution is 6.31. The number of nitrogens with zero attached hydrogens (tertiary/aromatic N) is 6. The molecule has 3 aromatic carbocycles. The number of ether oxygens (including phenoxy) is 1. The van der Waals surface area contributed by atoms with Crippen LogP contribution in [0.2, 0.25) is 5.02 Å². The van der Waals surface area contributed by atoms with E-state index in [0.29, 0.717) is 34.5 Å². The van der Waals surface area contributed by atoms with Crippen molar-refractivity contribution >= 4 is 52.5 Å². The summed E-state index contributed by atoms with van der Waals surface area (Å²) in [6.07, 6.45) is 0.0383. The summed E-state index contributed by atoms with van der Waals surface area (Å²) in [6.45, 7) is 14.3. The third-order valence-corrected chi connectivity index (χ3v) is 13.5. The minimum absolute atomic E-state index is 0.0490. The molecule has 5 amide bonds. The maximum Gasteiger partial charge on any atom is 0.262 e. The number of nitrogens with one attached hydrogen (secondary N) is 1. The number of amides is 5. The zero-order valence-electron chi connectivity index (χ0n) is 32.4. The van der Waals surface area contributed by atoms with Gasteiger partial charge in [-0.15, -0.1) is 0 Å². The van der Waals surface area contributed by atoms with E-state index in [1.807, 2.05) is 17.0 Å². The molecule has 3 saturated heterocycles. The van der Waals surface area contributed by atoms with Crippen LogP contribution in [-0.4, -0.2) is 108 Å². The Bertz CT molecular complexity index is 2290. The molecule has 3 aromatic rings. The summed E-state index contributed by atoms with van der Waals surface area (Å²) in [6, 6.07) is 18.1. The van der Waals surface area contributed by atoms with Crippen LogP contribution in [0.1, 0.15) is 82.7 Å². The van der Waals surface area contributed by atoms with Crippen molar-refractivity contribution in [3.63, 3.8) is 0 Å². The van der Waals surface area contributed by atoms with E-state index >= 15 is 0 Å². The fourth-order valence-electron chi connectivity index (χ4n) is 10.6. The molecule has 1 N–H and O–H groups in total. The van der Waals surface area contributed by atoms with Crippen LogP contribution < -0.4 is 19.9 Å². The second-order valence-electron chi connectivity index (χ2n) is 17.3. The molecule has 1 saturated carbocycles. The Morgan fingerprint density at radius 2 is 1.46 bits per heavy atom. The van der Waals surface area contributed by atoms with Crippen LogP contribution in [0.3, 0.4) is 0 Å². The summed E-state index contributed by atoms with van der Waals surface area (Å²) in [5.74, 6) is -1.35. The zero-order chi connectivity index (χ0) is 40.1. The molecule has 0 radical (unpaired) electrons. The molecular weight excluding hydrogens is 746 g/mol. The first-order valence-electron chi connectivity index (χ1n) is 19.6. The number of piperidine rings is 1. The van der Waals surface area contributed by atoms with Crippen LogP contribution in [0, 0.1) is 22.2 Å². The van der Waals surface area contributed by atoms with Crippen molar-refractivity contribution in [3.8, 4) is 11.8 Å². The SMILES string of the molecule is CC1(C)C(Oc2ccc(C#N)c(Cl)c2)C(C)(C)C1N1Cc2cc(N3CCN(C4CN(c5ccc6c(c5)C(=O)N(C5CCC(=O)NC5=O)C6=O)C4)CC3)ccc2C1=O. The largest absolute Gasteiger partial charge is 0.489 e. The molecule has 5 heterocycles. The second kappa shape index (κ2) is 13.3. The number of hydrogen-bond acceptors (Lipinski definition) is 10. The van der Waals surface area contributed by atoms with Gasteiger partial charge in [0.1, 0.15) is 24.0 Å². The van der Waals surface area contributed by atoms with Crippen molar-refractivity contribution in [2.75, 3.05) is 49.1 Å². The molecule has 294 valence electrons. The number of rotatable bonds is 7. The van der Waals surface area contributed by atoms with Gasteiger partial charge in [0.2, 0.25) is 11.8 Å². The Kier molecular flexibility index (Phi) is 8.68. The van der Waals surface area contributed by atoms with Crippen LogP contribution in [-0.2, 0) is 16.1 Å². The molecule has 1 atom stereocenters. The highest BCUT2D eigenvalue weighted by Crippen LogP contribution is 2.59. The lowest BCUT2D eigenvalue weighted by atomic mass is 9.49. The number of anilines is 2. The van der Waals surface area contributed by atoms with E-state index in [1.54, 1.807) is 30.3 Å². The number of piperazine rings is 1.